The highest BCUT2D eigenvalue weighted by Crippen LogP contribution is 2.08. The van der Waals surface area contributed by atoms with E-state index in [0.717, 1.165) is 32.4 Å². The fourth-order valence-corrected chi connectivity index (χ4v) is 2.11. The monoisotopic (exact) mass is 229 g/mol. The molecule has 0 N–H and O–H groups in total. The Balaban J connectivity index is 1.71. The molecule has 2 nitrogen and oxygen atoms in total. The highest BCUT2D eigenvalue weighted by atomic mass is 16.2. The molecule has 0 saturated heterocycles. The highest BCUT2D eigenvalue weighted by molar-refractivity contribution is 5.76. The van der Waals surface area contributed by atoms with Crippen LogP contribution in [0, 0.1) is 0 Å². The molecule has 90 valence electrons. The number of benzene rings is 1. The number of hydrogen-bond acceptors (Lipinski definition) is 1. The second kappa shape index (κ2) is 6.24. The summed E-state index contributed by atoms with van der Waals surface area (Å²) < 4.78 is 0. The molecule has 0 saturated carbocycles. The minimum absolute atomic E-state index is 0.297. The minimum Gasteiger partial charge on any atom is -0.339 e. The summed E-state index contributed by atoms with van der Waals surface area (Å²) in [6.45, 7) is 1.69. The first-order valence-electron chi connectivity index (χ1n) is 6.33. The number of carbonyl (C=O) groups excluding carboxylic acids is 1. The van der Waals surface area contributed by atoms with Crippen LogP contribution in [0.3, 0.4) is 0 Å². The van der Waals surface area contributed by atoms with Crippen molar-refractivity contribution in [1.82, 2.24) is 4.90 Å². The van der Waals surface area contributed by atoms with Crippen molar-refractivity contribution in [3.8, 4) is 0 Å². The molecule has 1 heterocycles. The largest absolute Gasteiger partial charge is 0.339 e. The molecule has 1 aliphatic heterocycles. The van der Waals surface area contributed by atoms with Crippen molar-refractivity contribution in [2.75, 3.05) is 13.1 Å². The lowest BCUT2D eigenvalue weighted by Crippen LogP contribution is -2.33. The Labute approximate surface area is 103 Å². The quantitative estimate of drug-likeness (QED) is 0.727. The van der Waals surface area contributed by atoms with Gasteiger partial charge in [-0.15, -0.1) is 0 Å². The lowest BCUT2D eigenvalue weighted by Gasteiger charge is -2.23. The average molecular weight is 229 g/mol. The Bertz CT molecular complexity index is 383. The number of rotatable bonds is 4. The molecule has 0 fully saturated rings. The molecular weight excluding hydrogens is 210 g/mol. The molecule has 1 aromatic rings. The molecule has 0 spiro atoms. The van der Waals surface area contributed by atoms with E-state index in [2.05, 4.69) is 24.3 Å². The molecule has 1 amide bonds. The highest BCUT2D eigenvalue weighted by Gasteiger charge is 2.12. The third kappa shape index (κ3) is 3.74. The van der Waals surface area contributed by atoms with Gasteiger partial charge in [0.15, 0.2) is 0 Å². The van der Waals surface area contributed by atoms with Crippen molar-refractivity contribution in [2.45, 2.75) is 25.7 Å². The molecule has 0 radical (unpaired) electrons. The molecule has 17 heavy (non-hydrogen) atoms. The molecular formula is C15H19NO. The summed E-state index contributed by atoms with van der Waals surface area (Å²) >= 11 is 0. The van der Waals surface area contributed by atoms with E-state index < -0.39 is 0 Å². The third-order valence-electron chi connectivity index (χ3n) is 3.11. The van der Waals surface area contributed by atoms with E-state index in [1.807, 2.05) is 23.1 Å². The second-order valence-corrected chi connectivity index (χ2v) is 4.44. The maximum Gasteiger partial charge on any atom is 0.222 e. The van der Waals surface area contributed by atoms with Crippen molar-refractivity contribution in [2.24, 2.45) is 0 Å². The summed E-state index contributed by atoms with van der Waals surface area (Å²) in [5.41, 5.74) is 1.32. The summed E-state index contributed by atoms with van der Waals surface area (Å²) in [6, 6.07) is 10.4. The van der Waals surface area contributed by atoms with Crippen LogP contribution in [0.2, 0.25) is 0 Å². The molecule has 0 unspecified atom stereocenters. The summed E-state index contributed by atoms with van der Waals surface area (Å²) in [6.07, 6.45) is 7.85. The smallest absolute Gasteiger partial charge is 0.222 e. The Morgan fingerprint density at radius 3 is 2.71 bits per heavy atom. The standard InChI is InChI=1S/C15H19NO/c17-15(16-12-5-2-6-13-16)11-7-10-14-8-3-1-4-9-14/h1-5,8-9H,6-7,10-13H2. The van der Waals surface area contributed by atoms with Crippen LogP contribution in [0.5, 0.6) is 0 Å². The van der Waals surface area contributed by atoms with Crippen molar-refractivity contribution >= 4 is 5.91 Å². The Morgan fingerprint density at radius 1 is 1.18 bits per heavy atom. The van der Waals surface area contributed by atoms with E-state index in [4.69, 9.17) is 0 Å². The van der Waals surface area contributed by atoms with Crippen molar-refractivity contribution in [3.63, 3.8) is 0 Å². The van der Waals surface area contributed by atoms with Gasteiger partial charge in [0.1, 0.15) is 0 Å². The fourth-order valence-electron chi connectivity index (χ4n) is 2.11. The van der Waals surface area contributed by atoms with Crippen LogP contribution in [-0.4, -0.2) is 23.9 Å². The van der Waals surface area contributed by atoms with Crippen LogP contribution in [0.1, 0.15) is 24.8 Å². The van der Waals surface area contributed by atoms with Gasteiger partial charge in [0.2, 0.25) is 5.91 Å². The first-order valence-corrected chi connectivity index (χ1v) is 6.33. The van der Waals surface area contributed by atoms with E-state index in [1.54, 1.807) is 0 Å². The van der Waals surface area contributed by atoms with E-state index in [1.165, 1.54) is 5.56 Å². The normalized spacial score (nSPS) is 14.9. The van der Waals surface area contributed by atoms with Gasteiger partial charge >= 0.3 is 0 Å². The van der Waals surface area contributed by atoms with Gasteiger partial charge < -0.3 is 4.90 Å². The molecule has 2 rings (SSSR count). The van der Waals surface area contributed by atoms with Crippen molar-refractivity contribution in [1.29, 1.82) is 0 Å². The topological polar surface area (TPSA) is 20.3 Å². The van der Waals surface area contributed by atoms with Crippen molar-refractivity contribution in [3.05, 3.63) is 48.0 Å². The van der Waals surface area contributed by atoms with Gasteiger partial charge in [-0.2, -0.15) is 0 Å². The van der Waals surface area contributed by atoms with Gasteiger partial charge in [0.05, 0.1) is 0 Å². The summed E-state index contributed by atoms with van der Waals surface area (Å²) in [4.78, 5) is 13.8. The molecule has 0 bridgehead atoms. The van der Waals surface area contributed by atoms with Gasteiger partial charge in [0, 0.05) is 19.5 Å². The molecule has 0 aliphatic carbocycles. The zero-order valence-corrected chi connectivity index (χ0v) is 10.1. The molecule has 0 aromatic heterocycles. The van der Waals surface area contributed by atoms with Crippen molar-refractivity contribution < 1.29 is 4.79 Å². The Kier molecular flexibility index (Phi) is 4.37. The van der Waals surface area contributed by atoms with E-state index in [-0.39, 0.29) is 0 Å². The molecule has 1 aliphatic rings. The predicted octanol–water partition coefficient (Wildman–Crippen LogP) is 2.80. The molecule has 0 atom stereocenters. The Hall–Kier alpha value is -1.57. The van der Waals surface area contributed by atoms with Gasteiger partial charge in [-0.1, -0.05) is 42.5 Å². The van der Waals surface area contributed by atoms with Crippen LogP contribution < -0.4 is 0 Å². The van der Waals surface area contributed by atoms with Gasteiger partial charge in [-0.25, -0.2) is 0 Å². The predicted molar refractivity (Wildman–Crippen MR) is 69.7 cm³/mol. The minimum atomic E-state index is 0.297. The average Bonchev–Trinajstić information content (AvgIpc) is 2.41. The second-order valence-electron chi connectivity index (χ2n) is 4.44. The van der Waals surface area contributed by atoms with Crippen LogP contribution in [0.15, 0.2) is 42.5 Å². The zero-order chi connectivity index (χ0) is 11.9. The zero-order valence-electron chi connectivity index (χ0n) is 10.1. The summed E-state index contributed by atoms with van der Waals surface area (Å²) in [5.74, 6) is 0.297. The van der Waals surface area contributed by atoms with Gasteiger partial charge in [-0.3, -0.25) is 4.79 Å². The van der Waals surface area contributed by atoms with Crippen LogP contribution in [0.4, 0.5) is 0 Å². The third-order valence-corrected chi connectivity index (χ3v) is 3.11. The SMILES string of the molecule is O=C(CCCc1ccccc1)N1CC=CCC1. The molecule has 1 aromatic carbocycles. The van der Waals surface area contributed by atoms with E-state index in [9.17, 15) is 4.79 Å². The van der Waals surface area contributed by atoms with E-state index in [0.29, 0.717) is 12.3 Å². The molecule has 2 heteroatoms. The lowest BCUT2D eigenvalue weighted by molar-refractivity contribution is -0.130. The van der Waals surface area contributed by atoms with Crippen LogP contribution in [0.25, 0.3) is 0 Å². The first-order chi connectivity index (χ1) is 8.36. The number of aryl methyl sites for hydroxylation is 1. The summed E-state index contributed by atoms with van der Waals surface area (Å²) in [7, 11) is 0. The number of carbonyl (C=O) groups is 1. The summed E-state index contributed by atoms with van der Waals surface area (Å²) in [5, 5.41) is 0. The maximum absolute atomic E-state index is 11.9. The number of amides is 1. The lowest BCUT2D eigenvalue weighted by atomic mass is 10.1. The van der Waals surface area contributed by atoms with Crippen LogP contribution in [-0.2, 0) is 11.2 Å². The van der Waals surface area contributed by atoms with Crippen LogP contribution >= 0.6 is 0 Å². The number of nitrogens with zero attached hydrogens (tertiary/aromatic N) is 1. The van der Waals surface area contributed by atoms with Gasteiger partial charge in [0.25, 0.3) is 0 Å². The first kappa shape index (κ1) is 11.9. The Morgan fingerprint density at radius 2 is 2.00 bits per heavy atom. The number of hydrogen-bond donors (Lipinski definition) is 0. The van der Waals surface area contributed by atoms with Gasteiger partial charge in [-0.05, 0) is 24.8 Å². The van der Waals surface area contributed by atoms with E-state index >= 15 is 0 Å². The fraction of sp³-hybridized carbons (Fsp3) is 0.400. The maximum atomic E-state index is 11.9.